The third-order valence-corrected chi connectivity index (χ3v) is 3.13. The molecule has 64 valence electrons. The molecule has 2 rings (SSSR count). The van der Waals surface area contributed by atoms with Crippen LogP contribution in [0, 0.1) is 5.41 Å². The van der Waals surface area contributed by atoms with Crippen molar-refractivity contribution in [3.05, 3.63) is 17.1 Å². The first-order valence-corrected chi connectivity index (χ1v) is 4.71. The molecule has 12 heavy (non-hydrogen) atoms. The minimum Gasteiger partial charge on any atom is -0.329 e. The largest absolute Gasteiger partial charge is 0.329 e. The van der Waals surface area contributed by atoms with Gasteiger partial charge in [0.05, 0.1) is 4.88 Å². The monoisotopic (exact) mass is 182 g/mol. The van der Waals surface area contributed by atoms with Crippen molar-refractivity contribution in [2.24, 2.45) is 11.1 Å². The van der Waals surface area contributed by atoms with E-state index in [1.54, 1.807) is 12.3 Å². The van der Waals surface area contributed by atoms with Crippen LogP contribution in [0.5, 0.6) is 0 Å². The van der Waals surface area contributed by atoms with E-state index in [9.17, 15) is 4.79 Å². The van der Waals surface area contributed by atoms with E-state index in [2.05, 4.69) is 4.37 Å². The van der Waals surface area contributed by atoms with Crippen LogP contribution in [0.2, 0.25) is 0 Å². The molecule has 1 saturated carbocycles. The summed E-state index contributed by atoms with van der Waals surface area (Å²) in [5.41, 5.74) is 5.32. The van der Waals surface area contributed by atoms with Gasteiger partial charge in [-0.05, 0) is 30.4 Å². The Labute approximate surface area is 74.8 Å². The molecule has 1 heterocycles. The van der Waals surface area contributed by atoms with Gasteiger partial charge in [0.25, 0.3) is 0 Å². The van der Waals surface area contributed by atoms with Crippen molar-refractivity contribution < 1.29 is 4.79 Å². The quantitative estimate of drug-likeness (QED) is 0.711. The third kappa shape index (κ3) is 1.07. The second-order valence-corrected chi connectivity index (χ2v) is 4.02. The van der Waals surface area contributed by atoms with Crippen LogP contribution in [0.15, 0.2) is 12.3 Å². The number of rotatable bonds is 3. The van der Waals surface area contributed by atoms with E-state index >= 15 is 0 Å². The standard InChI is InChI=1S/C8H10N2OS/c9-5-8(2-3-8)7(11)6-1-4-10-12-6/h1,4H,2-3,5,9H2. The molecule has 0 atom stereocenters. The van der Waals surface area contributed by atoms with Crippen LogP contribution in [0.1, 0.15) is 22.5 Å². The zero-order valence-electron chi connectivity index (χ0n) is 6.62. The van der Waals surface area contributed by atoms with Crippen molar-refractivity contribution in [2.45, 2.75) is 12.8 Å². The summed E-state index contributed by atoms with van der Waals surface area (Å²) in [6.45, 7) is 0.476. The SMILES string of the molecule is NCC1(C(=O)c2ccns2)CC1. The molecule has 0 aromatic carbocycles. The normalized spacial score (nSPS) is 19.1. The number of aromatic nitrogens is 1. The topological polar surface area (TPSA) is 56.0 Å². The molecule has 0 saturated heterocycles. The van der Waals surface area contributed by atoms with Gasteiger partial charge in [-0.2, -0.15) is 0 Å². The number of Topliss-reactive ketones (excluding diaryl/α,β-unsaturated/α-hetero) is 1. The van der Waals surface area contributed by atoms with Crippen molar-refractivity contribution in [3.63, 3.8) is 0 Å². The molecule has 4 heteroatoms. The molecule has 0 amide bonds. The molecular formula is C8H10N2OS. The molecule has 1 aliphatic rings. The van der Waals surface area contributed by atoms with E-state index < -0.39 is 0 Å². The van der Waals surface area contributed by atoms with Crippen molar-refractivity contribution in [1.82, 2.24) is 4.37 Å². The van der Waals surface area contributed by atoms with Crippen molar-refractivity contribution >= 4 is 17.3 Å². The molecule has 0 radical (unpaired) electrons. The highest BCUT2D eigenvalue weighted by Crippen LogP contribution is 2.47. The van der Waals surface area contributed by atoms with Gasteiger partial charge in [-0.1, -0.05) is 0 Å². The third-order valence-electron chi connectivity index (χ3n) is 2.39. The Balaban J connectivity index is 2.21. The fourth-order valence-electron chi connectivity index (χ4n) is 1.27. The highest BCUT2D eigenvalue weighted by atomic mass is 32.1. The van der Waals surface area contributed by atoms with Gasteiger partial charge in [0.15, 0.2) is 5.78 Å². The lowest BCUT2D eigenvalue weighted by atomic mass is 10.0. The Bertz CT molecular complexity index is 290. The van der Waals surface area contributed by atoms with Crippen LogP contribution in [0.25, 0.3) is 0 Å². The molecule has 1 aromatic heterocycles. The minimum atomic E-state index is -0.216. The summed E-state index contributed by atoms with van der Waals surface area (Å²) < 4.78 is 3.90. The van der Waals surface area contributed by atoms with E-state index in [1.165, 1.54) is 11.5 Å². The second-order valence-electron chi connectivity index (χ2n) is 3.19. The van der Waals surface area contributed by atoms with Crippen molar-refractivity contribution in [3.8, 4) is 0 Å². The molecule has 2 N–H and O–H groups in total. The highest BCUT2D eigenvalue weighted by molar-refractivity contribution is 7.08. The summed E-state index contributed by atoms with van der Waals surface area (Å²) in [5.74, 6) is 0.188. The van der Waals surface area contributed by atoms with Gasteiger partial charge in [0, 0.05) is 18.2 Å². The summed E-state index contributed by atoms with van der Waals surface area (Å²) in [4.78, 5) is 12.5. The molecule has 1 aromatic rings. The number of hydrogen-bond donors (Lipinski definition) is 1. The first-order valence-electron chi connectivity index (χ1n) is 3.94. The van der Waals surface area contributed by atoms with Crippen LogP contribution < -0.4 is 5.73 Å². The van der Waals surface area contributed by atoms with Gasteiger partial charge in [-0.15, -0.1) is 0 Å². The number of ketones is 1. The fourth-order valence-corrected chi connectivity index (χ4v) is 1.93. The number of nitrogens with two attached hydrogens (primary N) is 1. The molecule has 3 nitrogen and oxygen atoms in total. The zero-order chi connectivity index (χ0) is 8.60. The number of hydrogen-bond acceptors (Lipinski definition) is 4. The molecule has 1 aliphatic carbocycles. The second kappa shape index (κ2) is 2.64. The van der Waals surface area contributed by atoms with Gasteiger partial charge in [0.2, 0.25) is 0 Å². The van der Waals surface area contributed by atoms with Crippen LogP contribution in [0.3, 0.4) is 0 Å². The Morgan fingerprint density at radius 3 is 2.92 bits per heavy atom. The Kier molecular flexibility index (Phi) is 1.73. The summed E-state index contributed by atoms with van der Waals surface area (Å²) in [5, 5.41) is 0. The van der Waals surface area contributed by atoms with Crippen molar-refractivity contribution in [1.29, 1.82) is 0 Å². The first-order chi connectivity index (χ1) is 5.78. The van der Waals surface area contributed by atoms with Crippen LogP contribution in [-0.2, 0) is 0 Å². The Morgan fingerprint density at radius 1 is 1.75 bits per heavy atom. The molecular weight excluding hydrogens is 172 g/mol. The Morgan fingerprint density at radius 2 is 2.50 bits per heavy atom. The predicted molar refractivity (Wildman–Crippen MR) is 47.2 cm³/mol. The van der Waals surface area contributed by atoms with E-state index in [0.717, 1.165) is 17.7 Å². The maximum atomic E-state index is 11.7. The lowest BCUT2D eigenvalue weighted by molar-refractivity contribution is 0.0910. The minimum absolute atomic E-state index is 0.188. The summed E-state index contributed by atoms with van der Waals surface area (Å²) in [6.07, 6.45) is 3.55. The van der Waals surface area contributed by atoms with Gasteiger partial charge in [-0.3, -0.25) is 4.79 Å². The molecule has 0 bridgehead atoms. The van der Waals surface area contributed by atoms with Gasteiger partial charge in [-0.25, -0.2) is 4.37 Å². The summed E-state index contributed by atoms with van der Waals surface area (Å²) >= 11 is 1.26. The number of carbonyl (C=O) groups excluding carboxylic acids is 1. The van der Waals surface area contributed by atoms with Crippen LogP contribution >= 0.6 is 11.5 Å². The maximum Gasteiger partial charge on any atom is 0.181 e. The van der Waals surface area contributed by atoms with Crippen LogP contribution in [-0.4, -0.2) is 16.7 Å². The molecule has 0 spiro atoms. The van der Waals surface area contributed by atoms with Gasteiger partial charge in [0.1, 0.15) is 0 Å². The van der Waals surface area contributed by atoms with E-state index in [1.807, 2.05) is 0 Å². The van der Waals surface area contributed by atoms with Crippen molar-refractivity contribution in [2.75, 3.05) is 6.54 Å². The maximum absolute atomic E-state index is 11.7. The average molecular weight is 182 g/mol. The number of carbonyl (C=O) groups is 1. The predicted octanol–water partition coefficient (Wildman–Crippen LogP) is 1.06. The summed E-state index contributed by atoms with van der Waals surface area (Å²) in [6, 6.07) is 1.77. The molecule has 1 fully saturated rings. The number of nitrogens with zero attached hydrogens (tertiary/aromatic N) is 1. The lowest BCUT2D eigenvalue weighted by Crippen LogP contribution is -2.24. The lowest BCUT2D eigenvalue weighted by Gasteiger charge is -2.07. The smallest absolute Gasteiger partial charge is 0.181 e. The van der Waals surface area contributed by atoms with Gasteiger partial charge >= 0.3 is 0 Å². The molecule has 0 aliphatic heterocycles. The first kappa shape index (κ1) is 7.89. The summed E-state index contributed by atoms with van der Waals surface area (Å²) in [7, 11) is 0. The van der Waals surface area contributed by atoms with Gasteiger partial charge < -0.3 is 5.73 Å². The van der Waals surface area contributed by atoms with E-state index in [-0.39, 0.29) is 11.2 Å². The average Bonchev–Trinajstić information content (AvgIpc) is 2.71. The highest BCUT2D eigenvalue weighted by Gasteiger charge is 2.48. The Hall–Kier alpha value is -0.740. The molecule has 0 unspecified atom stereocenters. The van der Waals surface area contributed by atoms with Crippen LogP contribution in [0.4, 0.5) is 0 Å². The fraction of sp³-hybridized carbons (Fsp3) is 0.500. The van der Waals surface area contributed by atoms with E-state index in [0.29, 0.717) is 6.54 Å². The zero-order valence-corrected chi connectivity index (χ0v) is 7.43. The van der Waals surface area contributed by atoms with E-state index in [4.69, 9.17) is 5.73 Å².